The van der Waals surface area contributed by atoms with E-state index in [2.05, 4.69) is 26.8 Å². The molecule has 0 radical (unpaired) electrons. The predicted octanol–water partition coefficient (Wildman–Crippen LogP) is 3.51. The van der Waals surface area contributed by atoms with Gasteiger partial charge in [-0.3, -0.25) is 9.13 Å². The molecule has 2 heterocycles. The van der Waals surface area contributed by atoms with Crippen LogP contribution in [0.2, 0.25) is 0 Å². The number of rotatable bonds is 3. The Kier molecular flexibility index (Phi) is 4.22. The summed E-state index contributed by atoms with van der Waals surface area (Å²) in [5.74, 6) is 0. The smallest absolute Gasteiger partial charge is 0.290 e. The van der Waals surface area contributed by atoms with Crippen molar-refractivity contribution >= 4 is 11.2 Å². The number of fused-ring (bicyclic) bond motifs is 1. The second kappa shape index (κ2) is 6.21. The quantitative estimate of drug-likeness (QED) is 0.736. The van der Waals surface area contributed by atoms with Crippen LogP contribution in [-0.4, -0.2) is 14.1 Å². The van der Waals surface area contributed by atoms with Gasteiger partial charge in [-0.2, -0.15) is 5.26 Å². The van der Waals surface area contributed by atoms with E-state index in [0.717, 1.165) is 22.3 Å². The molecule has 0 bridgehead atoms. The van der Waals surface area contributed by atoms with Crippen molar-refractivity contribution < 1.29 is 0 Å². The Balaban J connectivity index is 2.13. The lowest BCUT2D eigenvalue weighted by molar-refractivity contribution is 0.342. The van der Waals surface area contributed by atoms with E-state index in [1.165, 1.54) is 0 Å². The van der Waals surface area contributed by atoms with Gasteiger partial charge in [-0.15, -0.1) is 0 Å². The lowest BCUT2D eigenvalue weighted by Gasteiger charge is -2.18. The molecule has 2 aromatic heterocycles. The highest BCUT2D eigenvalue weighted by molar-refractivity contribution is 5.76. The van der Waals surface area contributed by atoms with Crippen LogP contribution in [0.15, 0.2) is 41.2 Å². The van der Waals surface area contributed by atoms with Crippen molar-refractivity contribution in [2.45, 2.75) is 33.7 Å². The molecule has 0 N–H and O–H groups in total. The van der Waals surface area contributed by atoms with Crippen molar-refractivity contribution in [1.29, 1.82) is 5.26 Å². The van der Waals surface area contributed by atoms with Crippen molar-refractivity contribution in [2.75, 3.05) is 0 Å². The topological polar surface area (TPSA) is 63.6 Å². The zero-order valence-electron chi connectivity index (χ0n) is 15.1. The molecule has 0 aliphatic heterocycles. The Morgan fingerprint density at radius 3 is 2.64 bits per heavy atom. The van der Waals surface area contributed by atoms with E-state index in [1.54, 1.807) is 16.2 Å². The largest absolute Gasteiger partial charge is 0.330 e. The van der Waals surface area contributed by atoms with Crippen LogP contribution in [0.3, 0.4) is 0 Å². The Hall–Kier alpha value is -2.87. The average molecular weight is 334 g/mol. The van der Waals surface area contributed by atoms with E-state index in [9.17, 15) is 4.79 Å². The Labute approximate surface area is 147 Å². The summed E-state index contributed by atoms with van der Waals surface area (Å²) in [6.45, 7) is 6.98. The molecule has 5 nitrogen and oxygen atoms in total. The fourth-order valence-corrected chi connectivity index (χ4v) is 2.99. The highest BCUT2D eigenvalue weighted by atomic mass is 16.1. The highest BCUT2D eigenvalue weighted by Crippen LogP contribution is 2.23. The maximum Gasteiger partial charge on any atom is 0.330 e. The molecular formula is C20H22N4O. The zero-order chi connectivity index (χ0) is 18.2. The second-order valence-corrected chi connectivity index (χ2v) is 7.56. The van der Waals surface area contributed by atoms with Gasteiger partial charge >= 0.3 is 5.69 Å². The van der Waals surface area contributed by atoms with Crippen LogP contribution >= 0.6 is 0 Å². The summed E-state index contributed by atoms with van der Waals surface area (Å²) in [6, 6.07) is 13.9. The molecule has 3 aromatic rings. The number of aromatic nitrogens is 3. The Morgan fingerprint density at radius 2 is 1.96 bits per heavy atom. The van der Waals surface area contributed by atoms with Crippen LogP contribution in [0.1, 0.15) is 26.3 Å². The maximum atomic E-state index is 12.6. The zero-order valence-corrected chi connectivity index (χ0v) is 15.1. The lowest BCUT2D eigenvalue weighted by Crippen LogP contribution is -2.27. The van der Waals surface area contributed by atoms with Crippen LogP contribution in [0.25, 0.3) is 22.4 Å². The molecule has 0 saturated carbocycles. The van der Waals surface area contributed by atoms with Crippen LogP contribution in [0, 0.1) is 16.7 Å². The third-order valence-corrected chi connectivity index (χ3v) is 4.12. The number of pyridine rings is 1. The van der Waals surface area contributed by atoms with Crippen molar-refractivity contribution in [3.63, 3.8) is 0 Å². The Morgan fingerprint density at radius 1 is 1.20 bits per heavy atom. The minimum absolute atomic E-state index is 0.00239. The molecular weight excluding hydrogens is 312 g/mol. The van der Waals surface area contributed by atoms with Crippen LogP contribution in [0.4, 0.5) is 0 Å². The number of hydrogen-bond acceptors (Lipinski definition) is 3. The van der Waals surface area contributed by atoms with E-state index in [1.807, 2.05) is 36.4 Å². The van der Waals surface area contributed by atoms with Gasteiger partial charge in [-0.1, -0.05) is 39.0 Å². The minimum atomic E-state index is -0.0483. The van der Waals surface area contributed by atoms with E-state index in [-0.39, 0.29) is 11.1 Å². The number of benzene rings is 1. The van der Waals surface area contributed by atoms with Crippen LogP contribution in [-0.2, 0) is 20.0 Å². The fourth-order valence-electron chi connectivity index (χ4n) is 2.99. The summed E-state index contributed by atoms with van der Waals surface area (Å²) in [6.07, 6.45) is 0.372. The normalized spacial score (nSPS) is 11.6. The van der Waals surface area contributed by atoms with E-state index in [4.69, 9.17) is 10.2 Å². The molecule has 0 atom stereocenters. The van der Waals surface area contributed by atoms with Crippen molar-refractivity contribution in [2.24, 2.45) is 12.5 Å². The first-order valence-corrected chi connectivity index (χ1v) is 8.33. The molecule has 25 heavy (non-hydrogen) atoms. The van der Waals surface area contributed by atoms with Crippen molar-refractivity contribution in [1.82, 2.24) is 14.1 Å². The highest BCUT2D eigenvalue weighted by Gasteiger charge is 2.18. The molecule has 0 spiro atoms. The predicted molar refractivity (Wildman–Crippen MR) is 99.2 cm³/mol. The monoisotopic (exact) mass is 334 g/mol. The molecule has 128 valence electrons. The third-order valence-electron chi connectivity index (χ3n) is 4.12. The van der Waals surface area contributed by atoms with Crippen LogP contribution in [0.5, 0.6) is 0 Å². The standard InChI is InChI=1S/C20H22N4O/c1-20(2,3)13-24-17-9-8-16(22-18(17)23(4)19(24)25)15-7-5-6-14(12-15)10-11-21/h5-9,12H,10,13H2,1-4H3. The van der Waals surface area contributed by atoms with E-state index in [0.29, 0.717) is 18.6 Å². The number of hydrogen-bond donors (Lipinski definition) is 0. The molecule has 0 unspecified atom stereocenters. The second-order valence-electron chi connectivity index (χ2n) is 7.56. The first kappa shape index (κ1) is 17.0. The number of nitrogens with zero attached hydrogens (tertiary/aromatic N) is 4. The molecule has 0 aliphatic rings. The molecule has 0 aliphatic carbocycles. The number of nitriles is 1. The van der Waals surface area contributed by atoms with Gasteiger partial charge < -0.3 is 0 Å². The number of aryl methyl sites for hydroxylation is 1. The molecule has 3 rings (SSSR count). The molecule has 0 saturated heterocycles. The summed E-state index contributed by atoms with van der Waals surface area (Å²) < 4.78 is 3.39. The van der Waals surface area contributed by atoms with Gasteiger partial charge in [0.15, 0.2) is 5.65 Å². The minimum Gasteiger partial charge on any atom is -0.290 e. The van der Waals surface area contributed by atoms with Gasteiger partial charge in [0.1, 0.15) is 0 Å². The Bertz CT molecular complexity index is 1030. The van der Waals surface area contributed by atoms with E-state index < -0.39 is 0 Å². The number of imidazole rings is 1. The fraction of sp³-hybridized carbons (Fsp3) is 0.350. The molecule has 0 fully saturated rings. The third kappa shape index (κ3) is 3.34. The first-order valence-electron chi connectivity index (χ1n) is 8.33. The van der Waals surface area contributed by atoms with E-state index >= 15 is 0 Å². The summed E-state index contributed by atoms with van der Waals surface area (Å²) in [5, 5.41) is 8.88. The summed E-state index contributed by atoms with van der Waals surface area (Å²) >= 11 is 0. The molecule has 5 heteroatoms. The van der Waals surface area contributed by atoms with Crippen LogP contribution < -0.4 is 5.69 Å². The van der Waals surface area contributed by atoms with Gasteiger partial charge in [-0.25, -0.2) is 9.78 Å². The van der Waals surface area contributed by atoms with Gasteiger partial charge in [0.25, 0.3) is 0 Å². The van der Waals surface area contributed by atoms with Gasteiger partial charge in [-0.05, 0) is 29.2 Å². The average Bonchev–Trinajstić information content (AvgIpc) is 2.79. The van der Waals surface area contributed by atoms with Crippen molar-refractivity contribution in [3.05, 3.63) is 52.4 Å². The SMILES string of the molecule is Cn1c(=O)n(CC(C)(C)C)c2ccc(-c3cccc(CC#N)c3)nc21. The van der Waals surface area contributed by atoms with Gasteiger partial charge in [0.05, 0.1) is 23.7 Å². The lowest BCUT2D eigenvalue weighted by atomic mass is 9.97. The summed E-state index contributed by atoms with van der Waals surface area (Å²) in [5.41, 5.74) is 4.19. The van der Waals surface area contributed by atoms with Gasteiger partial charge in [0.2, 0.25) is 0 Å². The first-order chi connectivity index (χ1) is 11.8. The summed E-state index contributed by atoms with van der Waals surface area (Å²) in [7, 11) is 1.76. The molecule has 0 amide bonds. The molecule has 1 aromatic carbocycles. The van der Waals surface area contributed by atoms with Crippen molar-refractivity contribution in [3.8, 4) is 17.3 Å². The maximum absolute atomic E-state index is 12.6. The van der Waals surface area contributed by atoms with Gasteiger partial charge in [0, 0.05) is 19.2 Å². The summed E-state index contributed by atoms with van der Waals surface area (Å²) in [4.78, 5) is 17.3.